The number of benzene rings is 2. The topological polar surface area (TPSA) is 68.3 Å². The Kier molecular flexibility index (Phi) is 5.79. The summed E-state index contributed by atoms with van der Waals surface area (Å²) in [6, 6.07) is 18.2. The molecule has 0 fully saturated rings. The first-order valence-corrected chi connectivity index (χ1v) is 10.6. The number of ether oxygens (including phenoxy) is 1. The lowest BCUT2D eigenvalue weighted by Crippen LogP contribution is -2.12. The summed E-state index contributed by atoms with van der Waals surface area (Å²) >= 11 is 3.00. The summed E-state index contributed by atoms with van der Waals surface area (Å²) in [5, 5.41) is 9.29. The minimum Gasteiger partial charge on any atom is -0.456 e. The fourth-order valence-electron chi connectivity index (χ4n) is 2.59. The molecule has 4 aromatic rings. The lowest BCUT2D eigenvalue weighted by Gasteiger charge is -2.07. The number of nitrogens with one attached hydrogen (secondary N) is 1. The molecule has 5 nitrogen and oxygen atoms in total. The van der Waals surface area contributed by atoms with Gasteiger partial charge in [-0.25, -0.2) is 9.78 Å². The van der Waals surface area contributed by atoms with Crippen LogP contribution in [-0.2, 0) is 11.3 Å². The molecule has 7 heteroatoms. The molecule has 0 aliphatic heterocycles. The summed E-state index contributed by atoms with van der Waals surface area (Å²) in [6.07, 6.45) is 0. The SMILES string of the molecule is O=C(Nc1ccccc1)c1ccc(COC(=O)c2csc(-c3ccsc3)n2)cc1. The Morgan fingerprint density at radius 2 is 1.76 bits per heavy atom. The zero-order chi connectivity index (χ0) is 20.1. The first-order valence-electron chi connectivity index (χ1n) is 8.79. The Hall–Kier alpha value is -3.29. The summed E-state index contributed by atoms with van der Waals surface area (Å²) < 4.78 is 5.35. The molecular weight excluding hydrogens is 404 g/mol. The van der Waals surface area contributed by atoms with Gasteiger partial charge in [-0.15, -0.1) is 11.3 Å². The van der Waals surface area contributed by atoms with Gasteiger partial charge in [-0.3, -0.25) is 4.79 Å². The van der Waals surface area contributed by atoms with Gasteiger partial charge >= 0.3 is 5.97 Å². The maximum atomic E-state index is 12.3. The van der Waals surface area contributed by atoms with E-state index in [1.807, 2.05) is 47.2 Å². The van der Waals surface area contributed by atoms with E-state index in [1.165, 1.54) is 11.3 Å². The Morgan fingerprint density at radius 1 is 0.966 bits per heavy atom. The highest BCUT2D eigenvalue weighted by Crippen LogP contribution is 2.26. The van der Waals surface area contributed by atoms with Crippen molar-refractivity contribution >= 4 is 40.2 Å². The van der Waals surface area contributed by atoms with Crippen LogP contribution in [-0.4, -0.2) is 16.9 Å². The quantitative estimate of drug-likeness (QED) is 0.419. The number of thiazole rings is 1. The van der Waals surface area contributed by atoms with Gasteiger partial charge in [-0.2, -0.15) is 11.3 Å². The highest BCUT2D eigenvalue weighted by atomic mass is 32.1. The zero-order valence-electron chi connectivity index (χ0n) is 15.2. The number of carbonyl (C=O) groups excluding carboxylic acids is 2. The van der Waals surface area contributed by atoms with Gasteiger partial charge < -0.3 is 10.1 Å². The van der Waals surface area contributed by atoms with Crippen molar-refractivity contribution in [1.29, 1.82) is 0 Å². The van der Waals surface area contributed by atoms with E-state index >= 15 is 0 Å². The third kappa shape index (κ3) is 4.77. The number of nitrogens with zero attached hydrogens (tertiary/aromatic N) is 1. The molecule has 1 N–H and O–H groups in total. The molecule has 2 aromatic heterocycles. The molecule has 2 heterocycles. The van der Waals surface area contributed by atoms with Crippen LogP contribution in [0, 0.1) is 0 Å². The molecule has 0 aliphatic rings. The maximum absolute atomic E-state index is 12.3. The van der Waals surface area contributed by atoms with Crippen molar-refractivity contribution < 1.29 is 14.3 Å². The van der Waals surface area contributed by atoms with Gasteiger partial charge in [-0.1, -0.05) is 30.3 Å². The minimum absolute atomic E-state index is 0.116. The number of para-hydroxylation sites is 1. The number of carbonyl (C=O) groups is 2. The monoisotopic (exact) mass is 420 g/mol. The average Bonchev–Trinajstić information content (AvgIpc) is 3.45. The molecule has 2 aromatic carbocycles. The first kappa shape index (κ1) is 19.0. The highest BCUT2D eigenvalue weighted by molar-refractivity contribution is 7.14. The standard InChI is InChI=1S/C22H16N2O3S2/c25-20(23-18-4-2-1-3-5-18)16-8-6-15(7-9-16)12-27-22(26)19-14-29-21(24-19)17-10-11-28-13-17/h1-11,13-14H,12H2,(H,23,25). The van der Waals surface area contributed by atoms with Crippen LogP contribution in [0.15, 0.2) is 76.8 Å². The van der Waals surface area contributed by atoms with Crippen molar-refractivity contribution in [2.24, 2.45) is 0 Å². The molecule has 0 atom stereocenters. The van der Waals surface area contributed by atoms with Crippen molar-refractivity contribution in [3.05, 3.63) is 93.6 Å². The summed E-state index contributed by atoms with van der Waals surface area (Å²) in [5.41, 5.74) is 3.37. The molecule has 0 aliphatic carbocycles. The Balaban J connectivity index is 1.33. The van der Waals surface area contributed by atoms with Crippen molar-refractivity contribution in [2.75, 3.05) is 5.32 Å². The van der Waals surface area contributed by atoms with Gasteiger partial charge in [0.2, 0.25) is 0 Å². The van der Waals surface area contributed by atoms with Crippen molar-refractivity contribution in [3.63, 3.8) is 0 Å². The molecule has 4 rings (SSSR count). The predicted octanol–water partition coefficient (Wildman–Crippen LogP) is 5.48. The largest absolute Gasteiger partial charge is 0.456 e. The number of aromatic nitrogens is 1. The molecule has 1 amide bonds. The van der Waals surface area contributed by atoms with Crippen LogP contribution in [0.3, 0.4) is 0 Å². The molecule has 0 radical (unpaired) electrons. The summed E-state index contributed by atoms with van der Waals surface area (Å²) in [6.45, 7) is 0.116. The maximum Gasteiger partial charge on any atom is 0.358 e. The normalized spacial score (nSPS) is 10.5. The van der Waals surface area contributed by atoms with E-state index in [-0.39, 0.29) is 12.5 Å². The molecule has 0 saturated carbocycles. The van der Waals surface area contributed by atoms with Gasteiger partial charge in [0.25, 0.3) is 5.91 Å². The number of hydrogen-bond donors (Lipinski definition) is 1. The first-order chi connectivity index (χ1) is 14.2. The molecular formula is C22H16N2O3S2. The van der Waals surface area contributed by atoms with Crippen LogP contribution in [0.1, 0.15) is 26.4 Å². The number of esters is 1. The Morgan fingerprint density at radius 3 is 2.48 bits per heavy atom. The second-order valence-corrected chi connectivity index (χ2v) is 7.78. The van der Waals surface area contributed by atoms with Crippen LogP contribution in [0.4, 0.5) is 5.69 Å². The van der Waals surface area contributed by atoms with Gasteiger partial charge in [0, 0.05) is 27.6 Å². The third-order valence-corrected chi connectivity index (χ3v) is 5.67. The minimum atomic E-state index is -0.464. The van der Waals surface area contributed by atoms with E-state index in [2.05, 4.69) is 10.3 Å². The van der Waals surface area contributed by atoms with Crippen molar-refractivity contribution in [2.45, 2.75) is 6.61 Å². The Bertz CT molecular complexity index is 1100. The number of amides is 1. The molecule has 0 unspecified atom stereocenters. The molecule has 0 bridgehead atoms. The van der Waals surface area contributed by atoms with E-state index in [0.717, 1.165) is 21.8 Å². The van der Waals surface area contributed by atoms with E-state index in [0.29, 0.717) is 11.3 Å². The molecule has 0 saturated heterocycles. The van der Waals surface area contributed by atoms with Crippen LogP contribution in [0.5, 0.6) is 0 Å². The van der Waals surface area contributed by atoms with E-state index in [4.69, 9.17) is 4.74 Å². The smallest absolute Gasteiger partial charge is 0.358 e. The second-order valence-electron chi connectivity index (χ2n) is 6.14. The number of anilines is 1. The van der Waals surface area contributed by atoms with Crippen molar-refractivity contribution in [3.8, 4) is 10.6 Å². The fourth-order valence-corrected chi connectivity index (χ4v) is 4.09. The predicted molar refractivity (Wildman–Crippen MR) is 115 cm³/mol. The van der Waals surface area contributed by atoms with Crippen LogP contribution in [0.25, 0.3) is 10.6 Å². The third-order valence-electron chi connectivity index (χ3n) is 4.10. The van der Waals surface area contributed by atoms with Crippen LogP contribution < -0.4 is 5.32 Å². The zero-order valence-corrected chi connectivity index (χ0v) is 16.8. The summed E-state index contributed by atoms with van der Waals surface area (Å²) in [4.78, 5) is 28.9. The van der Waals surface area contributed by atoms with Crippen molar-refractivity contribution in [1.82, 2.24) is 4.98 Å². The number of thiophene rings is 1. The Labute approximate surface area is 175 Å². The van der Waals surface area contributed by atoms with Gasteiger partial charge in [0.15, 0.2) is 5.69 Å². The van der Waals surface area contributed by atoms with Crippen LogP contribution >= 0.6 is 22.7 Å². The molecule has 144 valence electrons. The molecule has 0 spiro atoms. The van der Waals surface area contributed by atoms with E-state index in [9.17, 15) is 9.59 Å². The van der Waals surface area contributed by atoms with Gasteiger partial charge in [-0.05, 0) is 41.3 Å². The lowest BCUT2D eigenvalue weighted by atomic mass is 10.1. The lowest BCUT2D eigenvalue weighted by molar-refractivity contribution is 0.0466. The van der Waals surface area contributed by atoms with Gasteiger partial charge in [0.05, 0.1) is 0 Å². The average molecular weight is 421 g/mol. The number of rotatable bonds is 6. The number of hydrogen-bond acceptors (Lipinski definition) is 6. The summed E-state index contributed by atoms with van der Waals surface area (Å²) in [5.74, 6) is -0.656. The molecule has 29 heavy (non-hydrogen) atoms. The van der Waals surface area contributed by atoms with Gasteiger partial charge in [0.1, 0.15) is 11.6 Å². The van der Waals surface area contributed by atoms with Crippen LogP contribution in [0.2, 0.25) is 0 Å². The second kappa shape index (κ2) is 8.81. The summed E-state index contributed by atoms with van der Waals surface area (Å²) in [7, 11) is 0. The van der Waals surface area contributed by atoms with E-state index < -0.39 is 5.97 Å². The van der Waals surface area contributed by atoms with E-state index in [1.54, 1.807) is 41.0 Å². The fraction of sp³-hybridized carbons (Fsp3) is 0.0455. The highest BCUT2D eigenvalue weighted by Gasteiger charge is 2.14.